The summed E-state index contributed by atoms with van der Waals surface area (Å²) in [5.74, 6) is 3.50. The average Bonchev–Trinajstić information content (AvgIpc) is 2.64. The first-order valence-corrected chi connectivity index (χ1v) is 5.63. The van der Waals surface area contributed by atoms with Crippen LogP contribution in [0.2, 0.25) is 0 Å². The zero-order valence-corrected chi connectivity index (χ0v) is 8.86. The zero-order chi connectivity index (χ0) is 9.68. The lowest BCUT2D eigenvalue weighted by molar-refractivity contribution is 0.311. The van der Waals surface area contributed by atoms with Gasteiger partial charge in [0.05, 0.1) is 0 Å². The van der Waals surface area contributed by atoms with Gasteiger partial charge in [-0.15, -0.1) is 11.3 Å². The summed E-state index contributed by atoms with van der Waals surface area (Å²) in [5.41, 5.74) is 3.31. The number of rotatable bonds is 1. The maximum absolute atomic E-state index is 6.50. The Morgan fingerprint density at radius 1 is 1.38 bits per heavy atom. The van der Waals surface area contributed by atoms with Crippen LogP contribution in [0.15, 0.2) is 5.38 Å². The minimum atomic E-state index is 1.23. The lowest BCUT2D eigenvalue weighted by atomic mass is 9.95. The summed E-state index contributed by atoms with van der Waals surface area (Å²) in [7, 11) is 0. The third kappa shape index (κ3) is 2.30. The molecule has 1 aromatic heterocycles. The smallest absolute Gasteiger partial charge is 0.00800 e. The minimum Gasteiger partial charge on any atom is -0.320 e. The fourth-order valence-corrected chi connectivity index (χ4v) is 3.09. The fourth-order valence-electron chi connectivity index (χ4n) is 1.86. The van der Waals surface area contributed by atoms with Crippen molar-refractivity contribution in [3.8, 4) is 0 Å². The quantitative estimate of drug-likeness (QED) is 0.683. The first-order chi connectivity index (χ1) is 6.42. The van der Waals surface area contributed by atoms with Gasteiger partial charge in [0.25, 0.3) is 0 Å². The molecule has 0 saturated carbocycles. The van der Waals surface area contributed by atoms with E-state index in [0.717, 1.165) is 0 Å². The van der Waals surface area contributed by atoms with Crippen molar-refractivity contribution < 1.29 is 5.21 Å². The molecule has 0 saturated heterocycles. The molecule has 0 unspecified atom stereocenters. The summed E-state index contributed by atoms with van der Waals surface area (Å²) in [6, 6.07) is 0. The van der Waals surface area contributed by atoms with Gasteiger partial charge in [-0.05, 0) is 48.6 Å². The summed E-state index contributed by atoms with van der Waals surface area (Å²) < 4.78 is 0. The van der Waals surface area contributed by atoms with Crippen molar-refractivity contribution in [3.05, 3.63) is 21.4 Å². The van der Waals surface area contributed by atoms with E-state index in [0.29, 0.717) is 0 Å². The van der Waals surface area contributed by atoms with Crippen molar-refractivity contribution in [2.45, 2.75) is 39.0 Å². The van der Waals surface area contributed by atoms with E-state index in [1.54, 1.807) is 16.0 Å². The molecule has 1 aliphatic rings. The van der Waals surface area contributed by atoms with Crippen molar-refractivity contribution in [1.29, 1.82) is 0 Å². The third-order valence-electron chi connectivity index (χ3n) is 2.53. The Hall–Kier alpha value is -0.380. The van der Waals surface area contributed by atoms with Crippen LogP contribution in [0.3, 0.4) is 0 Å². The van der Waals surface area contributed by atoms with E-state index in [9.17, 15) is 0 Å². The van der Waals surface area contributed by atoms with Crippen LogP contribution in [0, 0.1) is 0 Å². The van der Waals surface area contributed by atoms with Gasteiger partial charge in [-0.3, -0.25) is 0 Å². The summed E-state index contributed by atoms with van der Waals surface area (Å²) in [6.07, 6.45) is 6.75. The number of nitrogens with two attached hydrogens (primary N) is 1. The highest BCUT2D eigenvalue weighted by atomic mass is 32.1. The lowest BCUT2D eigenvalue weighted by Crippen LogP contribution is -2.00. The fraction of sp³-hybridized carbons (Fsp3) is 0.600. The largest absolute Gasteiger partial charge is 0.320 e. The highest BCUT2D eigenvalue weighted by Crippen LogP contribution is 2.30. The van der Waals surface area contributed by atoms with Crippen molar-refractivity contribution in [1.82, 2.24) is 0 Å². The summed E-state index contributed by atoms with van der Waals surface area (Å²) in [5, 5.41) is 8.86. The topological polar surface area (TPSA) is 46.2 Å². The molecule has 0 bridgehead atoms. The van der Waals surface area contributed by atoms with Crippen molar-refractivity contribution in [2.75, 3.05) is 0 Å². The molecule has 0 atom stereocenters. The van der Waals surface area contributed by atoms with Gasteiger partial charge in [-0.25, -0.2) is 5.90 Å². The van der Waals surface area contributed by atoms with Crippen molar-refractivity contribution in [3.63, 3.8) is 0 Å². The summed E-state index contributed by atoms with van der Waals surface area (Å²) in [4.78, 5) is 1.67. The molecule has 0 radical (unpaired) electrons. The van der Waals surface area contributed by atoms with Gasteiger partial charge in [0.2, 0.25) is 0 Å². The van der Waals surface area contributed by atoms with Gasteiger partial charge in [0.1, 0.15) is 0 Å². The third-order valence-corrected chi connectivity index (χ3v) is 3.67. The van der Waals surface area contributed by atoms with Gasteiger partial charge in [-0.1, -0.05) is 6.92 Å². The monoisotopic (exact) mass is 199 g/mol. The first-order valence-electron chi connectivity index (χ1n) is 4.75. The van der Waals surface area contributed by atoms with E-state index < -0.39 is 0 Å². The highest BCUT2D eigenvalue weighted by molar-refractivity contribution is 7.10. The Labute approximate surface area is 83.3 Å². The van der Waals surface area contributed by atoms with Crippen LogP contribution < -0.4 is 5.90 Å². The molecule has 0 aliphatic heterocycles. The minimum absolute atomic E-state index is 1.23. The zero-order valence-electron chi connectivity index (χ0n) is 8.05. The lowest BCUT2D eigenvalue weighted by Gasteiger charge is -2.11. The molecule has 1 aromatic rings. The molecule has 0 spiro atoms. The molecule has 74 valence electrons. The maximum atomic E-state index is 6.50. The van der Waals surface area contributed by atoms with E-state index >= 15 is 0 Å². The van der Waals surface area contributed by atoms with Crippen molar-refractivity contribution >= 4 is 11.3 Å². The molecule has 3 heteroatoms. The highest BCUT2D eigenvalue weighted by Gasteiger charge is 2.13. The summed E-state index contributed by atoms with van der Waals surface area (Å²) in [6.45, 7) is 2.26. The van der Waals surface area contributed by atoms with E-state index in [4.69, 9.17) is 5.21 Å². The van der Waals surface area contributed by atoms with Crippen LogP contribution in [0.25, 0.3) is 0 Å². The standard InChI is InChI=1S/C10H14S.H3NO/c1-2-8-7-11-10-6-4-3-5-9(8)10;1-2/h7H,2-6H2,1H3;2H,1H2. The molecule has 3 N–H and O–H groups in total. The predicted octanol–water partition coefficient (Wildman–Crippen LogP) is 2.52. The van der Waals surface area contributed by atoms with Gasteiger partial charge >= 0.3 is 0 Å². The molecule has 0 fully saturated rings. The Balaban J connectivity index is 0.000000396. The van der Waals surface area contributed by atoms with Crippen LogP contribution >= 0.6 is 11.3 Å². The van der Waals surface area contributed by atoms with E-state index in [1.807, 2.05) is 11.3 Å². The molecule has 2 nitrogen and oxygen atoms in total. The molecular formula is C10H17NOS. The predicted molar refractivity (Wildman–Crippen MR) is 56.3 cm³/mol. The second kappa shape index (κ2) is 5.37. The van der Waals surface area contributed by atoms with Crippen LogP contribution in [-0.4, -0.2) is 5.21 Å². The van der Waals surface area contributed by atoms with Gasteiger partial charge in [-0.2, -0.15) is 0 Å². The number of hydrogen-bond donors (Lipinski definition) is 2. The molecule has 1 heterocycles. The van der Waals surface area contributed by atoms with Crippen LogP contribution in [0.4, 0.5) is 0 Å². The Morgan fingerprint density at radius 2 is 2.08 bits per heavy atom. The molecule has 1 aliphatic carbocycles. The van der Waals surface area contributed by atoms with Crippen LogP contribution in [0.1, 0.15) is 35.8 Å². The van der Waals surface area contributed by atoms with E-state index in [2.05, 4.69) is 18.2 Å². The number of hydrogen-bond acceptors (Lipinski definition) is 3. The Morgan fingerprint density at radius 3 is 2.77 bits per heavy atom. The molecule has 0 amide bonds. The molecule has 2 rings (SSSR count). The Bertz CT molecular complexity index is 244. The summed E-state index contributed by atoms with van der Waals surface area (Å²) >= 11 is 1.98. The maximum Gasteiger partial charge on any atom is 0.00800 e. The van der Waals surface area contributed by atoms with E-state index in [1.165, 1.54) is 32.1 Å². The molecule has 0 aromatic carbocycles. The molecular weight excluding hydrogens is 182 g/mol. The number of thiophene rings is 1. The van der Waals surface area contributed by atoms with Crippen LogP contribution in [-0.2, 0) is 19.3 Å². The van der Waals surface area contributed by atoms with Crippen LogP contribution in [0.5, 0.6) is 0 Å². The van der Waals surface area contributed by atoms with E-state index in [-0.39, 0.29) is 0 Å². The van der Waals surface area contributed by atoms with Gasteiger partial charge in [0, 0.05) is 4.88 Å². The SMILES string of the molecule is CCc1csc2c1CCCC2.NO. The number of aryl methyl sites for hydroxylation is 2. The second-order valence-electron chi connectivity index (χ2n) is 3.22. The normalized spacial score (nSPS) is 14.4. The second-order valence-corrected chi connectivity index (χ2v) is 4.19. The van der Waals surface area contributed by atoms with Gasteiger partial charge in [0.15, 0.2) is 0 Å². The Kier molecular flexibility index (Phi) is 4.42. The number of fused-ring (bicyclic) bond motifs is 1. The van der Waals surface area contributed by atoms with Gasteiger partial charge < -0.3 is 5.21 Å². The van der Waals surface area contributed by atoms with Crippen molar-refractivity contribution in [2.24, 2.45) is 5.90 Å². The molecule has 13 heavy (non-hydrogen) atoms. The first kappa shape index (κ1) is 10.7. The average molecular weight is 199 g/mol.